The monoisotopic (exact) mass is 273 g/mol. The summed E-state index contributed by atoms with van der Waals surface area (Å²) in [5.41, 5.74) is 1.38. The van der Waals surface area contributed by atoms with Crippen LogP contribution in [0.5, 0.6) is 5.75 Å². The third-order valence-electron chi connectivity index (χ3n) is 3.22. The van der Waals surface area contributed by atoms with E-state index in [2.05, 4.69) is 4.74 Å². The second-order valence-corrected chi connectivity index (χ2v) is 4.69. The lowest BCUT2D eigenvalue weighted by atomic mass is 9.90. The van der Waals surface area contributed by atoms with Crippen molar-refractivity contribution in [3.05, 3.63) is 29.3 Å². The molecular formula is C13H14F3NO2. The number of likely N-dealkylation sites (tertiary alicyclic amines) is 1. The average Bonchev–Trinajstić information content (AvgIpc) is 2.17. The Kier molecular flexibility index (Phi) is 3.43. The fourth-order valence-corrected chi connectivity index (χ4v) is 2.11. The first-order valence-corrected chi connectivity index (χ1v) is 5.88. The molecule has 1 saturated heterocycles. The van der Waals surface area contributed by atoms with E-state index >= 15 is 0 Å². The molecule has 0 atom stereocenters. The van der Waals surface area contributed by atoms with E-state index in [1.165, 1.54) is 13.0 Å². The second-order valence-electron chi connectivity index (χ2n) is 4.69. The van der Waals surface area contributed by atoms with E-state index < -0.39 is 6.36 Å². The van der Waals surface area contributed by atoms with Crippen molar-refractivity contribution in [2.24, 2.45) is 0 Å². The molecule has 19 heavy (non-hydrogen) atoms. The summed E-state index contributed by atoms with van der Waals surface area (Å²) in [5, 5.41) is 0. The first kappa shape index (κ1) is 13.7. The lowest BCUT2D eigenvalue weighted by Gasteiger charge is -2.39. The number of hydrogen-bond acceptors (Lipinski definition) is 2. The minimum Gasteiger partial charge on any atom is -0.406 e. The SMILES string of the molecule is CC(=O)N1CC(c2ccc(OC(F)(F)F)c(C)c2)C1. The van der Waals surface area contributed by atoms with Gasteiger partial charge in [0, 0.05) is 25.9 Å². The summed E-state index contributed by atoms with van der Waals surface area (Å²) in [6.07, 6.45) is -4.67. The maximum absolute atomic E-state index is 12.1. The zero-order chi connectivity index (χ0) is 14.2. The molecule has 1 aliphatic rings. The van der Waals surface area contributed by atoms with Crippen LogP contribution in [0.3, 0.4) is 0 Å². The summed E-state index contributed by atoms with van der Waals surface area (Å²) in [5.74, 6) is 0.0338. The van der Waals surface area contributed by atoms with Gasteiger partial charge >= 0.3 is 6.36 Å². The van der Waals surface area contributed by atoms with Crippen molar-refractivity contribution >= 4 is 5.91 Å². The number of hydrogen-bond donors (Lipinski definition) is 0. The van der Waals surface area contributed by atoms with Crippen LogP contribution in [0.1, 0.15) is 24.0 Å². The standard InChI is InChI=1S/C13H14F3NO2/c1-8-5-10(11-6-17(7-11)9(2)18)3-4-12(8)19-13(14,15)16/h3-5,11H,6-7H2,1-2H3. The number of benzene rings is 1. The Morgan fingerprint density at radius 3 is 2.47 bits per heavy atom. The molecule has 0 radical (unpaired) electrons. The van der Waals surface area contributed by atoms with Gasteiger partial charge in [-0.25, -0.2) is 0 Å². The molecular weight excluding hydrogens is 259 g/mol. The maximum Gasteiger partial charge on any atom is 0.573 e. The Morgan fingerprint density at radius 1 is 1.37 bits per heavy atom. The Morgan fingerprint density at radius 2 is 2.00 bits per heavy atom. The fourth-order valence-electron chi connectivity index (χ4n) is 2.11. The Labute approximate surface area is 109 Å². The molecule has 0 unspecified atom stereocenters. The highest BCUT2D eigenvalue weighted by Crippen LogP contribution is 2.32. The van der Waals surface area contributed by atoms with Crippen LogP contribution in [0, 0.1) is 6.92 Å². The Bertz CT molecular complexity index is 493. The number of ether oxygens (including phenoxy) is 1. The van der Waals surface area contributed by atoms with E-state index in [1.54, 1.807) is 24.0 Å². The molecule has 0 aliphatic carbocycles. The molecule has 0 aromatic heterocycles. The molecule has 0 N–H and O–H groups in total. The summed E-state index contributed by atoms with van der Waals surface area (Å²) < 4.78 is 40.3. The maximum atomic E-state index is 12.1. The van der Waals surface area contributed by atoms with Crippen LogP contribution < -0.4 is 4.74 Å². The number of aryl methyl sites for hydroxylation is 1. The summed E-state index contributed by atoms with van der Waals surface area (Å²) in [4.78, 5) is 12.8. The van der Waals surface area contributed by atoms with Gasteiger partial charge in [-0.15, -0.1) is 13.2 Å². The van der Waals surface area contributed by atoms with Gasteiger partial charge in [0.15, 0.2) is 0 Å². The molecule has 3 nitrogen and oxygen atoms in total. The second kappa shape index (κ2) is 4.75. The van der Waals surface area contributed by atoms with E-state index in [4.69, 9.17) is 0 Å². The van der Waals surface area contributed by atoms with Gasteiger partial charge in [-0.2, -0.15) is 0 Å². The number of carbonyl (C=O) groups excluding carboxylic acids is 1. The van der Waals surface area contributed by atoms with E-state index in [1.807, 2.05) is 0 Å². The van der Waals surface area contributed by atoms with Crippen LogP contribution in [-0.2, 0) is 4.79 Å². The number of nitrogens with zero attached hydrogens (tertiary/aromatic N) is 1. The van der Waals surface area contributed by atoms with Crippen molar-refractivity contribution in [2.45, 2.75) is 26.1 Å². The summed E-state index contributed by atoms with van der Waals surface area (Å²) in [6, 6.07) is 4.63. The highest BCUT2D eigenvalue weighted by Gasteiger charge is 2.33. The Balaban J connectivity index is 2.06. The first-order valence-electron chi connectivity index (χ1n) is 5.88. The molecule has 2 rings (SSSR count). The summed E-state index contributed by atoms with van der Waals surface area (Å²) in [6.45, 7) is 4.32. The van der Waals surface area contributed by atoms with Crippen LogP contribution in [0.25, 0.3) is 0 Å². The smallest absolute Gasteiger partial charge is 0.406 e. The molecule has 104 valence electrons. The van der Waals surface area contributed by atoms with Crippen molar-refractivity contribution < 1.29 is 22.7 Å². The third-order valence-corrected chi connectivity index (χ3v) is 3.22. The molecule has 1 heterocycles. The zero-order valence-electron chi connectivity index (χ0n) is 10.6. The van der Waals surface area contributed by atoms with Crippen LogP contribution in [-0.4, -0.2) is 30.3 Å². The molecule has 1 amide bonds. The highest BCUT2D eigenvalue weighted by atomic mass is 19.4. The van der Waals surface area contributed by atoms with Gasteiger partial charge in [0.05, 0.1) is 0 Å². The first-order chi connectivity index (χ1) is 8.76. The van der Waals surface area contributed by atoms with Crippen molar-refractivity contribution in [1.82, 2.24) is 4.90 Å². The normalized spacial score (nSPS) is 16.2. The number of amides is 1. The van der Waals surface area contributed by atoms with Gasteiger partial charge in [-0.05, 0) is 24.1 Å². The predicted molar refractivity (Wildman–Crippen MR) is 62.9 cm³/mol. The minimum atomic E-state index is -4.67. The summed E-state index contributed by atoms with van der Waals surface area (Å²) in [7, 11) is 0. The van der Waals surface area contributed by atoms with Gasteiger partial charge in [0.1, 0.15) is 5.75 Å². The van der Waals surface area contributed by atoms with Gasteiger partial charge in [0.2, 0.25) is 5.91 Å². The molecule has 1 aromatic rings. The van der Waals surface area contributed by atoms with Gasteiger partial charge < -0.3 is 9.64 Å². The molecule has 1 aliphatic heterocycles. The molecule has 0 spiro atoms. The average molecular weight is 273 g/mol. The number of rotatable bonds is 2. The molecule has 1 fully saturated rings. The fraction of sp³-hybridized carbons (Fsp3) is 0.462. The molecule has 0 saturated carbocycles. The van der Waals surface area contributed by atoms with Crippen molar-refractivity contribution in [3.63, 3.8) is 0 Å². The van der Waals surface area contributed by atoms with E-state index in [-0.39, 0.29) is 17.6 Å². The lowest BCUT2D eigenvalue weighted by Crippen LogP contribution is -2.47. The summed E-state index contributed by atoms with van der Waals surface area (Å²) >= 11 is 0. The van der Waals surface area contributed by atoms with Crippen LogP contribution in [0.2, 0.25) is 0 Å². The minimum absolute atomic E-state index is 0.0185. The van der Waals surface area contributed by atoms with Crippen LogP contribution in [0.15, 0.2) is 18.2 Å². The number of carbonyl (C=O) groups is 1. The van der Waals surface area contributed by atoms with Crippen molar-refractivity contribution in [1.29, 1.82) is 0 Å². The largest absolute Gasteiger partial charge is 0.573 e. The van der Waals surface area contributed by atoms with Gasteiger partial charge in [0.25, 0.3) is 0 Å². The van der Waals surface area contributed by atoms with E-state index in [0.29, 0.717) is 18.7 Å². The third kappa shape index (κ3) is 3.19. The van der Waals surface area contributed by atoms with Crippen molar-refractivity contribution in [2.75, 3.05) is 13.1 Å². The predicted octanol–water partition coefficient (Wildman–Crippen LogP) is 2.84. The highest BCUT2D eigenvalue weighted by molar-refractivity contribution is 5.74. The van der Waals surface area contributed by atoms with Crippen LogP contribution in [0.4, 0.5) is 13.2 Å². The quantitative estimate of drug-likeness (QED) is 0.829. The topological polar surface area (TPSA) is 29.5 Å². The number of halogens is 3. The molecule has 6 heteroatoms. The van der Waals surface area contributed by atoms with Gasteiger partial charge in [-0.1, -0.05) is 12.1 Å². The number of alkyl halides is 3. The van der Waals surface area contributed by atoms with E-state index in [0.717, 1.165) is 5.56 Å². The lowest BCUT2D eigenvalue weighted by molar-refractivity contribution is -0.274. The molecule has 0 bridgehead atoms. The van der Waals surface area contributed by atoms with E-state index in [9.17, 15) is 18.0 Å². The van der Waals surface area contributed by atoms with Crippen LogP contribution >= 0.6 is 0 Å². The zero-order valence-corrected chi connectivity index (χ0v) is 10.6. The Hall–Kier alpha value is -1.72. The molecule has 1 aromatic carbocycles. The van der Waals surface area contributed by atoms with Gasteiger partial charge in [-0.3, -0.25) is 4.79 Å². The van der Waals surface area contributed by atoms with Crippen molar-refractivity contribution in [3.8, 4) is 5.75 Å².